The number of hydrogen-bond donors (Lipinski definition) is 2. The van der Waals surface area contributed by atoms with Gasteiger partial charge in [0.15, 0.2) is 0 Å². The van der Waals surface area contributed by atoms with E-state index in [2.05, 4.69) is 25.9 Å². The molecule has 0 aliphatic rings. The first-order valence-corrected chi connectivity index (χ1v) is 9.24. The highest BCUT2D eigenvalue weighted by atomic mass is 79.9. The van der Waals surface area contributed by atoms with Gasteiger partial charge in [-0.3, -0.25) is 4.79 Å². The summed E-state index contributed by atoms with van der Waals surface area (Å²) in [6.07, 6.45) is -4.59. The lowest BCUT2D eigenvalue weighted by atomic mass is 10.1. The average Bonchev–Trinajstić information content (AvgIpc) is 2.52. The zero-order valence-corrected chi connectivity index (χ0v) is 15.0. The van der Waals surface area contributed by atoms with Crippen molar-refractivity contribution in [2.24, 2.45) is 5.14 Å². The molecule has 0 aliphatic carbocycles. The molecule has 0 saturated carbocycles. The number of aromatic amines is 1. The molecular formula is C15H9BrF3N3O3S. The number of hydrogen-bond acceptors (Lipinski definition) is 4. The van der Waals surface area contributed by atoms with Gasteiger partial charge < -0.3 is 4.98 Å². The molecule has 0 fully saturated rings. The summed E-state index contributed by atoms with van der Waals surface area (Å²) in [5, 5.41) is 5.13. The van der Waals surface area contributed by atoms with Gasteiger partial charge in [-0.1, -0.05) is 15.9 Å². The maximum absolute atomic E-state index is 13.0. The van der Waals surface area contributed by atoms with E-state index in [-0.39, 0.29) is 31.7 Å². The minimum atomic E-state index is -4.59. The zero-order chi connectivity index (χ0) is 19.3. The van der Waals surface area contributed by atoms with Gasteiger partial charge in [0.25, 0.3) is 5.56 Å². The number of sulfonamides is 1. The lowest BCUT2D eigenvalue weighted by molar-refractivity contribution is -0.137. The summed E-state index contributed by atoms with van der Waals surface area (Å²) in [4.78, 5) is 18.4. The number of rotatable bonds is 2. The van der Waals surface area contributed by atoms with Gasteiger partial charge in [-0.05, 0) is 36.4 Å². The summed E-state index contributed by atoms with van der Waals surface area (Å²) in [5.74, 6) is -0.138. The predicted molar refractivity (Wildman–Crippen MR) is 91.9 cm³/mol. The van der Waals surface area contributed by atoms with Crippen LogP contribution in [0.4, 0.5) is 13.2 Å². The number of H-pyrrole nitrogens is 1. The summed E-state index contributed by atoms with van der Waals surface area (Å²) >= 11 is 2.99. The first-order valence-electron chi connectivity index (χ1n) is 6.90. The second-order valence-corrected chi connectivity index (χ2v) is 7.84. The van der Waals surface area contributed by atoms with Crippen molar-refractivity contribution in [1.29, 1.82) is 0 Å². The number of primary sulfonamides is 1. The molecule has 3 aromatic rings. The molecule has 26 heavy (non-hydrogen) atoms. The van der Waals surface area contributed by atoms with Crippen molar-refractivity contribution in [2.45, 2.75) is 11.1 Å². The van der Waals surface area contributed by atoms with Crippen LogP contribution in [0.3, 0.4) is 0 Å². The molecule has 3 rings (SSSR count). The smallest absolute Gasteiger partial charge is 0.306 e. The van der Waals surface area contributed by atoms with E-state index in [0.29, 0.717) is 0 Å². The third-order valence-corrected chi connectivity index (χ3v) is 4.87. The van der Waals surface area contributed by atoms with Gasteiger partial charge in [0, 0.05) is 10.0 Å². The highest BCUT2D eigenvalue weighted by Gasteiger charge is 2.31. The number of nitrogens with one attached hydrogen (secondary N) is 1. The number of nitrogens with zero attached hydrogens (tertiary/aromatic N) is 1. The molecule has 3 N–H and O–H groups in total. The van der Waals surface area contributed by atoms with Gasteiger partial charge in [0.2, 0.25) is 10.0 Å². The minimum absolute atomic E-state index is 0.00621. The molecule has 0 spiro atoms. The second-order valence-electron chi connectivity index (χ2n) is 5.36. The highest BCUT2D eigenvalue weighted by Crippen LogP contribution is 2.34. The fraction of sp³-hybridized carbons (Fsp3) is 0.0667. The monoisotopic (exact) mass is 447 g/mol. The Bertz CT molecular complexity index is 1190. The largest absolute Gasteiger partial charge is 0.416 e. The fourth-order valence-electron chi connectivity index (χ4n) is 2.32. The van der Waals surface area contributed by atoms with Crippen molar-refractivity contribution >= 4 is 36.9 Å². The van der Waals surface area contributed by atoms with Gasteiger partial charge >= 0.3 is 6.18 Å². The van der Waals surface area contributed by atoms with Crippen LogP contribution < -0.4 is 10.7 Å². The van der Waals surface area contributed by atoms with Gasteiger partial charge in [-0.2, -0.15) is 13.2 Å². The third-order valence-electron chi connectivity index (χ3n) is 3.51. The molecule has 136 valence electrons. The van der Waals surface area contributed by atoms with Crippen molar-refractivity contribution in [1.82, 2.24) is 9.97 Å². The van der Waals surface area contributed by atoms with Crippen LogP contribution in [0.25, 0.3) is 22.3 Å². The quantitative estimate of drug-likeness (QED) is 0.629. The summed E-state index contributed by atoms with van der Waals surface area (Å²) in [7, 11) is -4.03. The molecule has 0 bridgehead atoms. The number of nitrogens with two attached hydrogens (primary N) is 1. The zero-order valence-electron chi connectivity index (χ0n) is 12.6. The molecular weight excluding hydrogens is 439 g/mol. The molecule has 11 heteroatoms. The molecule has 2 aromatic carbocycles. The number of halogens is 4. The van der Waals surface area contributed by atoms with E-state index in [9.17, 15) is 26.4 Å². The van der Waals surface area contributed by atoms with Crippen molar-refractivity contribution in [3.63, 3.8) is 0 Å². The van der Waals surface area contributed by atoms with Crippen LogP contribution in [0.15, 0.2) is 50.6 Å². The summed E-state index contributed by atoms with van der Waals surface area (Å²) in [6.45, 7) is 0. The molecule has 1 aromatic heterocycles. The maximum atomic E-state index is 13.0. The standard InChI is InChI=1S/C15H9BrF3N3O3S/c16-9-4-7(3-8(5-9)15(17,18)19)13-21-12-6-10(26(20,24)25)1-2-11(12)14(23)22-13/h1-6H,(H2,20,24,25)(H,21,22,23). The first kappa shape index (κ1) is 18.5. The van der Waals surface area contributed by atoms with Crippen LogP contribution in [0.2, 0.25) is 0 Å². The number of fused-ring (bicyclic) bond motifs is 1. The Labute approximate surface area is 153 Å². The number of aromatic nitrogens is 2. The molecule has 0 radical (unpaired) electrons. The normalized spacial score (nSPS) is 12.5. The Kier molecular flexibility index (Phi) is 4.41. The Morgan fingerprint density at radius 3 is 2.42 bits per heavy atom. The fourth-order valence-corrected chi connectivity index (χ4v) is 3.35. The molecule has 0 unspecified atom stereocenters. The first-order chi connectivity index (χ1) is 11.9. The Hall–Kier alpha value is -2.24. The Morgan fingerprint density at radius 2 is 1.81 bits per heavy atom. The van der Waals surface area contributed by atoms with Gasteiger partial charge in [-0.25, -0.2) is 18.5 Å². The van der Waals surface area contributed by atoms with Crippen molar-refractivity contribution in [3.05, 3.63) is 56.8 Å². The molecule has 1 heterocycles. The van der Waals surface area contributed by atoms with Crippen LogP contribution in [0.1, 0.15) is 5.56 Å². The molecule has 0 atom stereocenters. The molecule has 6 nitrogen and oxygen atoms in total. The van der Waals surface area contributed by atoms with Crippen molar-refractivity contribution < 1.29 is 21.6 Å². The summed E-state index contributed by atoms with van der Waals surface area (Å²) in [5.41, 5.74) is -1.56. The highest BCUT2D eigenvalue weighted by molar-refractivity contribution is 9.10. The maximum Gasteiger partial charge on any atom is 0.416 e. The number of alkyl halides is 3. The van der Waals surface area contributed by atoms with E-state index in [1.165, 1.54) is 12.1 Å². The van der Waals surface area contributed by atoms with Gasteiger partial charge in [0.05, 0.1) is 21.4 Å². The van der Waals surface area contributed by atoms with Crippen molar-refractivity contribution in [3.8, 4) is 11.4 Å². The topological polar surface area (TPSA) is 106 Å². The van der Waals surface area contributed by atoms with E-state index in [1.807, 2.05) is 0 Å². The van der Waals surface area contributed by atoms with Crippen LogP contribution in [0.5, 0.6) is 0 Å². The van der Waals surface area contributed by atoms with Crippen LogP contribution in [0, 0.1) is 0 Å². The lowest BCUT2D eigenvalue weighted by Crippen LogP contribution is -2.14. The predicted octanol–water partition coefficient (Wildman–Crippen LogP) is 3.02. The third kappa shape index (κ3) is 3.64. The molecule has 0 aliphatic heterocycles. The summed E-state index contributed by atoms with van der Waals surface area (Å²) < 4.78 is 62.0. The van der Waals surface area contributed by atoms with Gasteiger partial charge in [0.1, 0.15) is 5.82 Å². The van der Waals surface area contributed by atoms with Crippen LogP contribution in [-0.2, 0) is 16.2 Å². The Balaban J connectivity index is 2.26. The van der Waals surface area contributed by atoms with Crippen LogP contribution >= 0.6 is 15.9 Å². The molecule has 0 amide bonds. The van der Waals surface area contributed by atoms with E-state index >= 15 is 0 Å². The SMILES string of the molecule is NS(=O)(=O)c1ccc2c(=O)[nH]c(-c3cc(Br)cc(C(F)(F)F)c3)nc2c1. The van der Waals surface area contributed by atoms with E-state index in [0.717, 1.165) is 24.3 Å². The van der Waals surface area contributed by atoms with Gasteiger partial charge in [-0.15, -0.1) is 0 Å². The minimum Gasteiger partial charge on any atom is -0.306 e. The number of benzene rings is 2. The average molecular weight is 448 g/mol. The van der Waals surface area contributed by atoms with E-state index in [1.54, 1.807) is 0 Å². The summed E-state index contributed by atoms with van der Waals surface area (Å²) in [6, 6.07) is 6.54. The Morgan fingerprint density at radius 1 is 1.12 bits per heavy atom. The van der Waals surface area contributed by atoms with Crippen molar-refractivity contribution in [2.75, 3.05) is 0 Å². The van der Waals surface area contributed by atoms with Crippen LogP contribution in [-0.4, -0.2) is 18.4 Å². The van der Waals surface area contributed by atoms with E-state index in [4.69, 9.17) is 5.14 Å². The second kappa shape index (κ2) is 6.18. The molecule has 0 saturated heterocycles. The lowest BCUT2D eigenvalue weighted by Gasteiger charge is -2.10. The van der Waals surface area contributed by atoms with E-state index < -0.39 is 27.3 Å².